The molecule has 23 heavy (non-hydrogen) atoms. The summed E-state index contributed by atoms with van der Waals surface area (Å²) in [5.74, 6) is -0.0603. The molecule has 0 atom stereocenters. The minimum Gasteiger partial charge on any atom is -0.303 e. The summed E-state index contributed by atoms with van der Waals surface area (Å²) in [6.45, 7) is 7.72. The summed E-state index contributed by atoms with van der Waals surface area (Å²) >= 11 is 0. The molecule has 2 aromatic carbocycles. The number of anilines is 1. The van der Waals surface area contributed by atoms with Gasteiger partial charge in [0.15, 0.2) is 0 Å². The van der Waals surface area contributed by atoms with Gasteiger partial charge in [-0.2, -0.15) is 0 Å². The smallest absolute Gasteiger partial charge is 0.269 e. The van der Waals surface area contributed by atoms with Crippen LogP contribution in [0.2, 0.25) is 0 Å². The van der Waals surface area contributed by atoms with Crippen molar-refractivity contribution >= 4 is 17.8 Å². The molecule has 0 bridgehead atoms. The van der Waals surface area contributed by atoms with Gasteiger partial charge in [-0.3, -0.25) is 9.79 Å². The number of rotatable bonds is 2. The van der Waals surface area contributed by atoms with E-state index in [-0.39, 0.29) is 11.3 Å². The Kier molecular flexibility index (Phi) is 4.03. The number of carbonyl (C=O) groups excluding carboxylic acids is 1. The minimum atomic E-state index is -0.0603. The van der Waals surface area contributed by atoms with Crippen LogP contribution in [0.1, 0.15) is 37.5 Å². The van der Waals surface area contributed by atoms with Crippen molar-refractivity contribution < 1.29 is 4.79 Å². The molecule has 3 heteroatoms. The average Bonchev–Trinajstić information content (AvgIpc) is 2.67. The van der Waals surface area contributed by atoms with Crippen LogP contribution in [0.15, 0.2) is 53.5 Å². The van der Waals surface area contributed by atoms with Crippen LogP contribution in [0.25, 0.3) is 0 Å². The summed E-state index contributed by atoms with van der Waals surface area (Å²) in [5, 5.41) is 0. The zero-order chi connectivity index (χ0) is 16.4. The van der Waals surface area contributed by atoms with Gasteiger partial charge in [-0.05, 0) is 28.2 Å². The van der Waals surface area contributed by atoms with Crippen molar-refractivity contribution in [2.75, 3.05) is 4.90 Å². The fourth-order valence-electron chi connectivity index (χ4n) is 2.77. The van der Waals surface area contributed by atoms with Gasteiger partial charge in [-0.1, -0.05) is 63.2 Å². The Hall–Kier alpha value is -2.42. The average molecular weight is 306 g/mol. The van der Waals surface area contributed by atoms with E-state index in [0.29, 0.717) is 13.1 Å². The van der Waals surface area contributed by atoms with Gasteiger partial charge in [0.05, 0.1) is 19.3 Å². The second kappa shape index (κ2) is 5.99. The molecule has 118 valence electrons. The molecular weight excluding hydrogens is 284 g/mol. The number of hydrogen-bond donors (Lipinski definition) is 0. The predicted molar refractivity (Wildman–Crippen MR) is 95.0 cm³/mol. The van der Waals surface area contributed by atoms with Crippen molar-refractivity contribution in [2.45, 2.75) is 39.3 Å². The van der Waals surface area contributed by atoms with Crippen molar-refractivity contribution in [3.63, 3.8) is 0 Å². The van der Waals surface area contributed by atoms with E-state index in [9.17, 15) is 4.79 Å². The summed E-state index contributed by atoms with van der Waals surface area (Å²) in [6, 6.07) is 16.5. The van der Waals surface area contributed by atoms with E-state index in [4.69, 9.17) is 0 Å². The summed E-state index contributed by atoms with van der Waals surface area (Å²) < 4.78 is 0. The van der Waals surface area contributed by atoms with Crippen LogP contribution in [0.3, 0.4) is 0 Å². The van der Waals surface area contributed by atoms with E-state index in [1.54, 1.807) is 4.90 Å². The fraction of sp³-hybridized carbons (Fsp3) is 0.300. The van der Waals surface area contributed by atoms with E-state index in [1.807, 2.05) is 24.3 Å². The largest absolute Gasteiger partial charge is 0.303 e. The molecule has 0 aromatic heterocycles. The maximum atomic E-state index is 12.4. The van der Waals surface area contributed by atoms with Crippen LogP contribution >= 0.6 is 0 Å². The number of fused-ring (bicyclic) bond motifs is 1. The van der Waals surface area contributed by atoms with Crippen LogP contribution in [0.5, 0.6) is 0 Å². The van der Waals surface area contributed by atoms with Crippen LogP contribution in [-0.4, -0.2) is 12.1 Å². The zero-order valence-electron chi connectivity index (χ0n) is 13.9. The molecule has 1 aliphatic rings. The van der Waals surface area contributed by atoms with E-state index in [1.165, 1.54) is 11.8 Å². The third-order valence-electron chi connectivity index (χ3n) is 4.17. The molecule has 1 aliphatic heterocycles. The Morgan fingerprint density at radius 2 is 1.74 bits per heavy atom. The number of amides is 1. The molecule has 0 unspecified atom stereocenters. The monoisotopic (exact) mass is 306 g/mol. The maximum absolute atomic E-state index is 12.4. The molecule has 0 saturated carbocycles. The molecular formula is C20H22N2O. The molecule has 0 radical (unpaired) electrons. The quantitative estimate of drug-likeness (QED) is 0.822. The van der Waals surface area contributed by atoms with E-state index < -0.39 is 0 Å². The summed E-state index contributed by atoms with van der Waals surface area (Å²) in [6.07, 6.45) is 1.43. The van der Waals surface area contributed by atoms with Crippen LogP contribution < -0.4 is 4.90 Å². The van der Waals surface area contributed by atoms with Crippen molar-refractivity contribution in [3.05, 3.63) is 65.2 Å². The highest BCUT2D eigenvalue weighted by molar-refractivity contribution is 6.33. The normalized spacial score (nSPS) is 14.6. The third-order valence-corrected chi connectivity index (χ3v) is 4.17. The number of carbonyl (C=O) groups is 1. The molecule has 3 nitrogen and oxygen atoms in total. The lowest BCUT2D eigenvalue weighted by atomic mass is 9.87. The first-order valence-corrected chi connectivity index (χ1v) is 7.94. The summed E-state index contributed by atoms with van der Waals surface area (Å²) in [7, 11) is 0. The van der Waals surface area contributed by atoms with Gasteiger partial charge >= 0.3 is 0 Å². The number of nitrogens with zero attached hydrogens (tertiary/aromatic N) is 2. The van der Waals surface area contributed by atoms with E-state index in [2.05, 4.69) is 50.0 Å². The maximum Gasteiger partial charge on any atom is 0.269 e. The number of benzene rings is 2. The molecule has 1 heterocycles. The van der Waals surface area contributed by atoms with Crippen LogP contribution in [-0.2, 0) is 23.3 Å². The minimum absolute atomic E-state index is 0.0603. The molecule has 3 rings (SSSR count). The highest BCUT2D eigenvalue weighted by Gasteiger charge is 2.20. The van der Waals surface area contributed by atoms with Crippen molar-refractivity contribution in [3.8, 4) is 0 Å². The van der Waals surface area contributed by atoms with Gasteiger partial charge in [0, 0.05) is 5.69 Å². The first kappa shape index (κ1) is 15.5. The third kappa shape index (κ3) is 3.34. The Labute approximate surface area is 137 Å². The van der Waals surface area contributed by atoms with Crippen molar-refractivity contribution in [1.82, 2.24) is 0 Å². The van der Waals surface area contributed by atoms with E-state index >= 15 is 0 Å². The lowest BCUT2D eigenvalue weighted by Gasteiger charge is -2.23. The Morgan fingerprint density at radius 1 is 1.04 bits per heavy atom. The highest BCUT2D eigenvalue weighted by atomic mass is 16.2. The fourth-order valence-corrected chi connectivity index (χ4v) is 2.77. The van der Waals surface area contributed by atoms with Gasteiger partial charge in [0.2, 0.25) is 0 Å². The first-order chi connectivity index (χ1) is 10.9. The van der Waals surface area contributed by atoms with E-state index in [0.717, 1.165) is 16.8 Å². The van der Waals surface area contributed by atoms with Crippen molar-refractivity contribution in [2.24, 2.45) is 4.99 Å². The molecule has 0 saturated heterocycles. The predicted octanol–water partition coefficient (Wildman–Crippen LogP) is 4.10. The van der Waals surface area contributed by atoms with Gasteiger partial charge < -0.3 is 4.90 Å². The Bertz CT molecular complexity index is 739. The van der Waals surface area contributed by atoms with Crippen LogP contribution in [0.4, 0.5) is 5.69 Å². The molecule has 2 aromatic rings. The van der Waals surface area contributed by atoms with Gasteiger partial charge in [-0.25, -0.2) is 0 Å². The SMILES string of the molecule is CC(C)(C)c1ccc(CN2C(=O)C=NCc3ccccc32)cc1. The molecule has 0 spiro atoms. The second-order valence-corrected chi connectivity index (χ2v) is 6.97. The first-order valence-electron chi connectivity index (χ1n) is 7.94. The number of aliphatic imine (C=N–C) groups is 1. The lowest BCUT2D eigenvalue weighted by molar-refractivity contribution is -0.112. The lowest BCUT2D eigenvalue weighted by Crippen LogP contribution is -2.31. The summed E-state index contributed by atoms with van der Waals surface area (Å²) in [4.78, 5) is 18.4. The zero-order valence-corrected chi connectivity index (χ0v) is 13.9. The van der Waals surface area contributed by atoms with Crippen LogP contribution in [0, 0.1) is 0 Å². The molecule has 0 aliphatic carbocycles. The topological polar surface area (TPSA) is 32.7 Å². The number of hydrogen-bond acceptors (Lipinski definition) is 2. The Morgan fingerprint density at radius 3 is 2.43 bits per heavy atom. The Balaban J connectivity index is 1.89. The summed E-state index contributed by atoms with van der Waals surface area (Å²) in [5.41, 5.74) is 4.59. The van der Waals surface area contributed by atoms with Crippen molar-refractivity contribution in [1.29, 1.82) is 0 Å². The highest BCUT2D eigenvalue weighted by Crippen LogP contribution is 2.26. The molecule has 0 N–H and O–H groups in total. The molecule has 1 amide bonds. The van der Waals surface area contributed by atoms with Gasteiger partial charge in [0.1, 0.15) is 0 Å². The number of para-hydroxylation sites is 1. The molecule has 0 fully saturated rings. The standard InChI is InChI=1S/C20H22N2O/c1-20(2,3)17-10-8-15(9-11-17)14-22-18-7-5-4-6-16(18)12-21-13-19(22)23/h4-11,13H,12,14H2,1-3H3. The van der Waals surface area contributed by atoms with Gasteiger partial charge in [-0.15, -0.1) is 0 Å². The van der Waals surface area contributed by atoms with Gasteiger partial charge in [0.25, 0.3) is 5.91 Å². The second-order valence-electron chi connectivity index (χ2n) is 6.97.